The van der Waals surface area contributed by atoms with Crippen LogP contribution in [0.3, 0.4) is 0 Å². The predicted molar refractivity (Wildman–Crippen MR) is 123 cm³/mol. The smallest absolute Gasteiger partial charge is 0.264 e. The number of benzene rings is 1. The molecule has 0 radical (unpaired) electrons. The number of carbonyl (C=O) groups excluding carboxylic acids is 1. The highest BCUT2D eigenvalue weighted by Crippen LogP contribution is 2.28. The van der Waals surface area contributed by atoms with Crippen molar-refractivity contribution < 1.29 is 13.9 Å². The Bertz CT molecular complexity index is 1020. The quantitative estimate of drug-likeness (QED) is 0.511. The van der Waals surface area contributed by atoms with Crippen LogP contribution in [0.25, 0.3) is 10.9 Å². The third-order valence-electron chi connectivity index (χ3n) is 5.69. The summed E-state index contributed by atoms with van der Waals surface area (Å²) >= 11 is 1.44. The molecule has 0 saturated carbocycles. The van der Waals surface area contributed by atoms with E-state index in [1.807, 2.05) is 22.4 Å². The van der Waals surface area contributed by atoms with Crippen LogP contribution < -0.4 is 4.90 Å². The highest BCUT2D eigenvalue weighted by Gasteiger charge is 2.22. The minimum atomic E-state index is -0.288. The number of carbonyl (C=O) groups is 1. The summed E-state index contributed by atoms with van der Waals surface area (Å²) in [5.41, 5.74) is 1.64. The molecule has 31 heavy (non-hydrogen) atoms. The van der Waals surface area contributed by atoms with E-state index in [1.54, 1.807) is 13.2 Å². The summed E-state index contributed by atoms with van der Waals surface area (Å²) in [4.78, 5) is 22.9. The normalized spacial score (nSPS) is 14.6. The van der Waals surface area contributed by atoms with Crippen molar-refractivity contribution in [2.45, 2.75) is 32.2 Å². The van der Waals surface area contributed by atoms with Crippen LogP contribution in [0.2, 0.25) is 0 Å². The molecule has 7 heteroatoms. The number of rotatable bonds is 7. The van der Waals surface area contributed by atoms with Crippen LogP contribution in [0.15, 0.2) is 41.8 Å². The number of amides is 1. The summed E-state index contributed by atoms with van der Waals surface area (Å²) < 4.78 is 19.1. The monoisotopic (exact) mass is 441 g/mol. The van der Waals surface area contributed by atoms with Gasteiger partial charge in [-0.3, -0.25) is 4.79 Å². The average Bonchev–Trinajstić information content (AvgIpc) is 3.18. The molecule has 164 valence electrons. The maximum absolute atomic E-state index is 13.9. The number of pyridine rings is 1. The lowest BCUT2D eigenvalue weighted by Gasteiger charge is -2.28. The Morgan fingerprint density at radius 3 is 2.71 bits per heavy atom. The van der Waals surface area contributed by atoms with Gasteiger partial charge in [-0.25, -0.2) is 9.37 Å². The second-order valence-corrected chi connectivity index (χ2v) is 8.85. The molecule has 0 N–H and O–H groups in total. The molecule has 5 nitrogen and oxygen atoms in total. The molecule has 1 aliphatic heterocycles. The summed E-state index contributed by atoms with van der Waals surface area (Å²) in [6, 6.07) is 10.5. The summed E-state index contributed by atoms with van der Waals surface area (Å²) in [5.74, 6) is 0.568. The topological polar surface area (TPSA) is 45.7 Å². The van der Waals surface area contributed by atoms with Crippen LogP contribution in [-0.2, 0) is 11.3 Å². The number of anilines is 1. The first kappa shape index (κ1) is 21.7. The van der Waals surface area contributed by atoms with E-state index in [2.05, 4.69) is 11.0 Å². The van der Waals surface area contributed by atoms with Crippen LogP contribution in [-0.4, -0.2) is 49.1 Å². The van der Waals surface area contributed by atoms with Crippen molar-refractivity contribution in [1.29, 1.82) is 0 Å². The molecule has 0 spiro atoms. The summed E-state index contributed by atoms with van der Waals surface area (Å²) in [6.45, 7) is 3.25. The van der Waals surface area contributed by atoms with Gasteiger partial charge in [0.05, 0.1) is 17.0 Å². The molecule has 0 bridgehead atoms. The Kier molecular flexibility index (Phi) is 7.14. The summed E-state index contributed by atoms with van der Waals surface area (Å²) in [5, 5.41) is 2.79. The van der Waals surface area contributed by atoms with Crippen molar-refractivity contribution in [1.82, 2.24) is 9.88 Å². The SMILES string of the molecule is COCCN(Cc1cc2ccc(F)cc2nc1N1CCCCCC1)C(=O)c1cccs1. The molecule has 1 saturated heterocycles. The summed E-state index contributed by atoms with van der Waals surface area (Å²) in [7, 11) is 1.64. The van der Waals surface area contributed by atoms with E-state index in [4.69, 9.17) is 9.72 Å². The third-order valence-corrected chi connectivity index (χ3v) is 6.54. The Labute approximate surface area is 186 Å². The van der Waals surface area contributed by atoms with Gasteiger partial charge in [0, 0.05) is 50.3 Å². The summed E-state index contributed by atoms with van der Waals surface area (Å²) in [6.07, 6.45) is 4.66. The van der Waals surface area contributed by atoms with E-state index in [9.17, 15) is 9.18 Å². The molecule has 1 aromatic carbocycles. The van der Waals surface area contributed by atoms with Crippen LogP contribution in [0.5, 0.6) is 0 Å². The number of thiophene rings is 1. The van der Waals surface area contributed by atoms with Crippen molar-refractivity contribution in [2.75, 3.05) is 38.3 Å². The van der Waals surface area contributed by atoms with Crippen LogP contribution in [0.1, 0.15) is 40.9 Å². The van der Waals surface area contributed by atoms with Gasteiger partial charge in [-0.2, -0.15) is 0 Å². The zero-order valence-corrected chi connectivity index (χ0v) is 18.7. The lowest BCUT2D eigenvalue weighted by Crippen LogP contribution is -2.34. The van der Waals surface area contributed by atoms with Gasteiger partial charge < -0.3 is 14.5 Å². The number of nitrogens with zero attached hydrogens (tertiary/aromatic N) is 3. The van der Waals surface area contributed by atoms with E-state index < -0.39 is 0 Å². The molecular formula is C24H28FN3O2S. The number of hydrogen-bond donors (Lipinski definition) is 0. The van der Waals surface area contributed by atoms with Gasteiger partial charge in [-0.05, 0) is 42.5 Å². The predicted octanol–water partition coefficient (Wildman–Crippen LogP) is 5.10. The molecule has 1 aliphatic rings. The minimum absolute atomic E-state index is 0.00642. The van der Waals surface area contributed by atoms with Gasteiger partial charge in [0.15, 0.2) is 0 Å². The maximum Gasteiger partial charge on any atom is 0.264 e. The Morgan fingerprint density at radius 2 is 2.00 bits per heavy atom. The first-order valence-electron chi connectivity index (χ1n) is 10.8. The fraction of sp³-hybridized carbons (Fsp3) is 0.417. The van der Waals surface area contributed by atoms with Crippen molar-refractivity contribution in [3.05, 3.63) is 58.0 Å². The second-order valence-electron chi connectivity index (χ2n) is 7.91. The van der Waals surface area contributed by atoms with Crippen molar-refractivity contribution in [2.24, 2.45) is 0 Å². The number of hydrogen-bond acceptors (Lipinski definition) is 5. The number of methoxy groups -OCH3 is 1. The molecule has 0 aliphatic carbocycles. The number of halogens is 1. The largest absolute Gasteiger partial charge is 0.383 e. The highest BCUT2D eigenvalue weighted by molar-refractivity contribution is 7.12. The molecule has 0 atom stereocenters. The molecule has 1 amide bonds. The van der Waals surface area contributed by atoms with Crippen molar-refractivity contribution in [3.8, 4) is 0 Å². The molecular weight excluding hydrogens is 413 g/mol. The van der Waals surface area contributed by atoms with Gasteiger partial charge in [-0.15, -0.1) is 11.3 Å². The first-order valence-corrected chi connectivity index (χ1v) is 11.7. The van der Waals surface area contributed by atoms with E-state index in [0.29, 0.717) is 30.1 Å². The Balaban J connectivity index is 1.72. The minimum Gasteiger partial charge on any atom is -0.383 e. The van der Waals surface area contributed by atoms with Gasteiger partial charge in [0.25, 0.3) is 5.91 Å². The number of aromatic nitrogens is 1. The molecule has 3 aromatic rings. The van der Waals surface area contributed by atoms with E-state index in [1.165, 1.54) is 36.3 Å². The standard InChI is InChI=1S/C24H28FN3O2S/c1-30-13-12-28(24(29)22-7-6-14-31-22)17-19-15-18-8-9-20(25)16-21(18)26-23(19)27-10-4-2-3-5-11-27/h6-9,14-16H,2-5,10-13,17H2,1H3. The molecule has 4 rings (SSSR count). The van der Waals surface area contributed by atoms with Gasteiger partial charge in [0.1, 0.15) is 11.6 Å². The molecule has 0 unspecified atom stereocenters. The second kappa shape index (κ2) is 10.2. The van der Waals surface area contributed by atoms with Crippen molar-refractivity contribution in [3.63, 3.8) is 0 Å². The highest BCUT2D eigenvalue weighted by atomic mass is 32.1. The Morgan fingerprint density at radius 1 is 1.19 bits per heavy atom. The number of ether oxygens (including phenoxy) is 1. The lowest BCUT2D eigenvalue weighted by atomic mass is 10.1. The molecule has 3 heterocycles. The van der Waals surface area contributed by atoms with Gasteiger partial charge in [0.2, 0.25) is 0 Å². The average molecular weight is 442 g/mol. The Hall–Kier alpha value is -2.51. The zero-order chi connectivity index (χ0) is 21.6. The molecule has 1 fully saturated rings. The molecule has 2 aromatic heterocycles. The third kappa shape index (κ3) is 5.22. The van der Waals surface area contributed by atoms with E-state index >= 15 is 0 Å². The van der Waals surface area contributed by atoms with E-state index in [-0.39, 0.29) is 11.7 Å². The fourth-order valence-electron chi connectivity index (χ4n) is 4.06. The van der Waals surface area contributed by atoms with Crippen LogP contribution in [0, 0.1) is 5.82 Å². The van der Waals surface area contributed by atoms with Crippen molar-refractivity contribution >= 4 is 34.0 Å². The van der Waals surface area contributed by atoms with E-state index in [0.717, 1.165) is 42.7 Å². The first-order chi connectivity index (χ1) is 15.2. The van der Waals surface area contributed by atoms with Gasteiger partial charge in [-0.1, -0.05) is 18.9 Å². The zero-order valence-electron chi connectivity index (χ0n) is 17.8. The van der Waals surface area contributed by atoms with Gasteiger partial charge >= 0.3 is 0 Å². The van der Waals surface area contributed by atoms with Crippen LogP contribution in [0.4, 0.5) is 10.2 Å². The van der Waals surface area contributed by atoms with Crippen LogP contribution >= 0.6 is 11.3 Å². The maximum atomic E-state index is 13.9. The lowest BCUT2D eigenvalue weighted by molar-refractivity contribution is 0.0685. The number of fused-ring (bicyclic) bond motifs is 1. The fourth-order valence-corrected chi connectivity index (χ4v) is 4.75.